The predicted molar refractivity (Wildman–Crippen MR) is 81.9 cm³/mol. The molecule has 1 aromatic heterocycles. The van der Waals surface area contributed by atoms with Crippen molar-refractivity contribution in [3.63, 3.8) is 0 Å². The van der Waals surface area contributed by atoms with Gasteiger partial charge in [-0.1, -0.05) is 0 Å². The summed E-state index contributed by atoms with van der Waals surface area (Å²) in [4.78, 5) is 16.6. The number of amides is 1. The van der Waals surface area contributed by atoms with Crippen LogP contribution in [-0.2, 0) is 16.1 Å². The second kappa shape index (κ2) is 6.24. The van der Waals surface area contributed by atoms with Crippen molar-refractivity contribution >= 4 is 17.2 Å². The molecular formula is C15H24N2O2S. The highest BCUT2D eigenvalue weighted by atomic mass is 32.1. The smallest absolute Gasteiger partial charge is 0.239 e. The van der Waals surface area contributed by atoms with Gasteiger partial charge in [0, 0.05) is 30.0 Å². The van der Waals surface area contributed by atoms with Gasteiger partial charge < -0.3 is 10.1 Å². The lowest BCUT2D eigenvalue weighted by Crippen LogP contribution is -2.52. The van der Waals surface area contributed by atoms with E-state index in [1.54, 1.807) is 18.4 Å². The van der Waals surface area contributed by atoms with Crippen LogP contribution in [0.15, 0.2) is 12.1 Å². The van der Waals surface area contributed by atoms with Crippen LogP contribution in [0.5, 0.6) is 0 Å². The van der Waals surface area contributed by atoms with Gasteiger partial charge in [-0.2, -0.15) is 0 Å². The van der Waals surface area contributed by atoms with Gasteiger partial charge >= 0.3 is 0 Å². The Morgan fingerprint density at radius 3 is 2.90 bits per heavy atom. The highest BCUT2D eigenvalue weighted by molar-refractivity contribution is 7.12. The first kappa shape index (κ1) is 15.5. The van der Waals surface area contributed by atoms with E-state index in [1.807, 2.05) is 20.9 Å². The molecule has 0 unspecified atom stereocenters. The van der Waals surface area contributed by atoms with Crippen molar-refractivity contribution < 1.29 is 9.53 Å². The number of thiophene rings is 1. The molecule has 1 aliphatic rings. The predicted octanol–water partition coefficient (Wildman–Crippen LogP) is 2.56. The third-order valence-electron chi connectivity index (χ3n) is 4.06. The topological polar surface area (TPSA) is 41.6 Å². The van der Waals surface area contributed by atoms with Gasteiger partial charge in [-0.3, -0.25) is 9.69 Å². The zero-order chi connectivity index (χ0) is 14.8. The van der Waals surface area contributed by atoms with Crippen molar-refractivity contribution in [2.45, 2.75) is 44.9 Å². The quantitative estimate of drug-likeness (QED) is 0.908. The number of ether oxygens (including phenoxy) is 1. The Hall–Kier alpha value is -0.910. The minimum atomic E-state index is -0.511. The molecule has 0 saturated carbocycles. The number of likely N-dealkylation sites (N-methyl/N-ethyl adjacent to an activating group) is 2. The molecule has 4 nitrogen and oxygen atoms in total. The molecule has 0 aromatic carbocycles. The number of hydrogen-bond donors (Lipinski definition) is 1. The van der Waals surface area contributed by atoms with E-state index in [1.165, 1.54) is 9.75 Å². The molecule has 1 amide bonds. The molecule has 0 spiro atoms. The summed E-state index contributed by atoms with van der Waals surface area (Å²) in [7, 11) is 3.67. The lowest BCUT2D eigenvalue weighted by Gasteiger charge is -2.33. The second-order valence-corrected chi connectivity index (χ2v) is 7.00. The Balaban J connectivity index is 2.01. The lowest BCUT2D eigenvalue weighted by molar-refractivity contribution is -0.130. The Morgan fingerprint density at radius 2 is 2.30 bits per heavy atom. The normalized spacial score (nSPS) is 19.6. The number of nitrogens with one attached hydrogen (secondary N) is 1. The highest BCUT2D eigenvalue weighted by Crippen LogP contribution is 2.34. The van der Waals surface area contributed by atoms with Crippen LogP contribution in [0.4, 0.5) is 0 Å². The zero-order valence-corrected chi connectivity index (χ0v) is 13.5. The Bertz CT molecular complexity index is 464. The number of carbonyl (C=O) groups excluding carboxylic acids is 1. The van der Waals surface area contributed by atoms with Gasteiger partial charge in [0.2, 0.25) is 5.91 Å². The summed E-state index contributed by atoms with van der Waals surface area (Å²) in [6.45, 7) is 5.54. The molecule has 112 valence electrons. The van der Waals surface area contributed by atoms with Gasteiger partial charge in [0.05, 0.1) is 11.6 Å². The first-order valence-corrected chi connectivity index (χ1v) is 7.90. The fraction of sp³-hybridized carbons (Fsp3) is 0.667. The molecular weight excluding hydrogens is 272 g/mol. The van der Waals surface area contributed by atoms with Gasteiger partial charge in [0.25, 0.3) is 0 Å². The van der Waals surface area contributed by atoms with Crippen molar-refractivity contribution in [3.8, 4) is 0 Å². The number of carbonyl (C=O) groups is 1. The number of nitrogens with zero attached hydrogens (tertiary/aromatic N) is 1. The third kappa shape index (κ3) is 3.22. The van der Waals surface area contributed by atoms with Crippen molar-refractivity contribution in [2.75, 3.05) is 20.7 Å². The van der Waals surface area contributed by atoms with Crippen LogP contribution >= 0.6 is 11.3 Å². The van der Waals surface area contributed by atoms with Gasteiger partial charge in [-0.15, -0.1) is 11.3 Å². The lowest BCUT2D eigenvalue weighted by atomic mass is 10.0. The standard InChI is InChI=1S/C15H24N2O2S/c1-15(2,14(18)16-3)17(4)10-11-7-8-13(20-11)12-6-5-9-19-12/h7-8,12H,5-6,9-10H2,1-4H3,(H,16,18)/t12-/m0/s1. The van der Waals surface area contributed by atoms with Crippen LogP contribution in [-0.4, -0.2) is 37.0 Å². The van der Waals surface area contributed by atoms with Crippen LogP contribution in [0, 0.1) is 0 Å². The van der Waals surface area contributed by atoms with E-state index < -0.39 is 5.54 Å². The molecule has 1 aliphatic heterocycles. The van der Waals surface area contributed by atoms with E-state index in [0.29, 0.717) is 0 Å². The highest BCUT2D eigenvalue weighted by Gasteiger charge is 2.31. The van der Waals surface area contributed by atoms with E-state index in [2.05, 4.69) is 22.3 Å². The molecule has 1 saturated heterocycles. The average Bonchev–Trinajstić information content (AvgIpc) is 3.07. The van der Waals surface area contributed by atoms with Crippen LogP contribution in [0.3, 0.4) is 0 Å². The fourth-order valence-electron chi connectivity index (χ4n) is 2.37. The molecule has 0 bridgehead atoms. The van der Waals surface area contributed by atoms with Crippen LogP contribution in [0.1, 0.15) is 42.5 Å². The SMILES string of the molecule is CNC(=O)C(C)(C)N(C)Cc1ccc([C@@H]2CCCO2)s1. The summed E-state index contributed by atoms with van der Waals surface area (Å²) < 4.78 is 5.71. The van der Waals surface area contributed by atoms with E-state index in [0.717, 1.165) is 26.0 Å². The van der Waals surface area contributed by atoms with Gasteiger partial charge in [0.1, 0.15) is 0 Å². The van der Waals surface area contributed by atoms with Gasteiger partial charge in [-0.25, -0.2) is 0 Å². The van der Waals surface area contributed by atoms with Crippen LogP contribution in [0.25, 0.3) is 0 Å². The summed E-state index contributed by atoms with van der Waals surface area (Å²) in [5.41, 5.74) is -0.511. The maximum absolute atomic E-state index is 11.9. The number of hydrogen-bond acceptors (Lipinski definition) is 4. The Morgan fingerprint density at radius 1 is 1.55 bits per heavy atom. The Kier molecular flexibility index (Phi) is 4.83. The fourth-order valence-corrected chi connectivity index (χ4v) is 3.52. The van der Waals surface area contributed by atoms with E-state index in [9.17, 15) is 4.79 Å². The van der Waals surface area contributed by atoms with E-state index >= 15 is 0 Å². The molecule has 5 heteroatoms. The van der Waals surface area contributed by atoms with E-state index in [-0.39, 0.29) is 12.0 Å². The molecule has 1 atom stereocenters. The summed E-state index contributed by atoms with van der Waals surface area (Å²) in [5, 5.41) is 2.72. The maximum atomic E-state index is 11.9. The molecule has 0 radical (unpaired) electrons. The van der Waals surface area contributed by atoms with Crippen LogP contribution in [0.2, 0.25) is 0 Å². The molecule has 2 heterocycles. The molecule has 2 rings (SSSR count). The van der Waals surface area contributed by atoms with Crippen molar-refractivity contribution in [2.24, 2.45) is 0 Å². The summed E-state index contributed by atoms with van der Waals surface area (Å²) in [6.07, 6.45) is 2.56. The zero-order valence-electron chi connectivity index (χ0n) is 12.7. The Labute approximate surface area is 125 Å². The first-order valence-electron chi connectivity index (χ1n) is 7.08. The molecule has 20 heavy (non-hydrogen) atoms. The maximum Gasteiger partial charge on any atom is 0.239 e. The molecule has 1 aromatic rings. The second-order valence-electron chi connectivity index (χ2n) is 5.80. The van der Waals surface area contributed by atoms with Crippen molar-refractivity contribution in [1.82, 2.24) is 10.2 Å². The first-order chi connectivity index (χ1) is 9.45. The monoisotopic (exact) mass is 296 g/mol. The van der Waals surface area contributed by atoms with E-state index in [4.69, 9.17) is 4.74 Å². The third-order valence-corrected chi connectivity index (χ3v) is 5.22. The minimum Gasteiger partial charge on any atom is -0.373 e. The summed E-state index contributed by atoms with van der Waals surface area (Å²) in [6, 6.07) is 4.31. The van der Waals surface area contributed by atoms with Crippen LogP contribution < -0.4 is 5.32 Å². The molecule has 0 aliphatic carbocycles. The van der Waals surface area contributed by atoms with Gasteiger partial charge in [-0.05, 0) is 45.9 Å². The molecule has 1 N–H and O–H groups in total. The number of rotatable bonds is 5. The average molecular weight is 296 g/mol. The minimum absolute atomic E-state index is 0.0379. The van der Waals surface area contributed by atoms with Crippen molar-refractivity contribution in [1.29, 1.82) is 0 Å². The molecule has 1 fully saturated rings. The largest absolute Gasteiger partial charge is 0.373 e. The van der Waals surface area contributed by atoms with Crippen molar-refractivity contribution in [3.05, 3.63) is 21.9 Å². The summed E-state index contributed by atoms with van der Waals surface area (Å²) >= 11 is 1.80. The summed E-state index contributed by atoms with van der Waals surface area (Å²) in [5.74, 6) is 0.0379. The van der Waals surface area contributed by atoms with Gasteiger partial charge in [0.15, 0.2) is 0 Å².